The first-order chi connectivity index (χ1) is 18.6. The number of urea groups is 1. The monoisotopic (exact) mass is 526 g/mol. The van der Waals surface area contributed by atoms with E-state index in [9.17, 15) is 14.4 Å². The molecule has 1 atom stereocenters. The average molecular weight is 527 g/mol. The number of nitrogens with zero attached hydrogens (tertiary/aromatic N) is 3. The van der Waals surface area contributed by atoms with Gasteiger partial charge in [-0.3, -0.25) is 9.59 Å². The number of nitrogens with one attached hydrogen (secondary N) is 1. The summed E-state index contributed by atoms with van der Waals surface area (Å²) in [6.07, 6.45) is 12.3. The highest BCUT2D eigenvalue weighted by atomic mass is 16.5. The maximum Gasteiger partial charge on any atom is 0.322 e. The minimum absolute atomic E-state index is 0.0178. The summed E-state index contributed by atoms with van der Waals surface area (Å²) in [7, 11) is 0. The molecule has 8 heteroatoms. The molecule has 1 aromatic carbocycles. The van der Waals surface area contributed by atoms with Crippen molar-refractivity contribution in [3.8, 4) is 5.75 Å². The summed E-state index contributed by atoms with van der Waals surface area (Å²) in [6, 6.07) is 6.79. The summed E-state index contributed by atoms with van der Waals surface area (Å²) in [6.45, 7) is 6.42. The average Bonchev–Trinajstić information content (AvgIpc) is 3.46. The first-order valence-electron chi connectivity index (χ1n) is 14.9. The lowest BCUT2D eigenvalue weighted by Crippen LogP contribution is -2.52. The van der Waals surface area contributed by atoms with E-state index in [1.165, 1.54) is 32.1 Å². The first-order valence-corrected chi connectivity index (χ1v) is 14.9. The molecule has 0 aliphatic carbocycles. The molecule has 3 heterocycles. The second-order valence-electron chi connectivity index (χ2n) is 11.1. The van der Waals surface area contributed by atoms with E-state index in [-0.39, 0.29) is 23.8 Å². The minimum Gasteiger partial charge on any atom is -0.494 e. The van der Waals surface area contributed by atoms with Crippen molar-refractivity contribution in [3.05, 3.63) is 24.3 Å². The predicted octanol–water partition coefficient (Wildman–Crippen LogP) is 5.28. The minimum atomic E-state index is -0.431. The van der Waals surface area contributed by atoms with Crippen molar-refractivity contribution in [3.63, 3.8) is 0 Å². The molecule has 1 N–H and O–H groups in total. The van der Waals surface area contributed by atoms with Gasteiger partial charge in [0.2, 0.25) is 11.8 Å². The zero-order valence-electron chi connectivity index (χ0n) is 23.2. The summed E-state index contributed by atoms with van der Waals surface area (Å²) in [5, 5.41) is 2.96. The van der Waals surface area contributed by atoms with Crippen LogP contribution in [0.1, 0.15) is 84.0 Å². The largest absolute Gasteiger partial charge is 0.494 e. The van der Waals surface area contributed by atoms with Gasteiger partial charge in [-0.25, -0.2) is 4.79 Å². The molecular formula is C30H46N4O4. The Morgan fingerprint density at radius 2 is 1.47 bits per heavy atom. The van der Waals surface area contributed by atoms with E-state index in [1.807, 2.05) is 34.1 Å². The lowest BCUT2D eigenvalue weighted by molar-refractivity contribution is -0.142. The summed E-state index contributed by atoms with van der Waals surface area (Å²) < 4.78 is 5.82. The van der Waals surface area contributed by atoms with Gasteiger partial charge in [-0.05, 0) is 75.6 Å². The van der Waals surface area contributed by atoms with Crippen LogP contribution < -0.4 is 10.1 Å². The lowest BCUT2D eigenvalue weighted by atomic mass is 9.94. The molecule has 3 fully saturated rings. The molecule has 0 spiro atoms. The number of rotatable bonds is 10. The van der Waals surface area contributed by atoms with E-state index in [0.717, 1.165) is 44.5 Å². The van der Waals surface area contributed by atoms with Crippen LogP contribution in [0.15, 0.2) is 24.3 Å². The van der Waals surface area contributed by atoms with Crippen molar-refractivity contribution < 1.29 is 19.1 Å². The standard InChI is InChI=1S/C30H46N4O4/c1-2-3-4-5-9-23-38-26-14-12-25(13-15-26)31-30(37)34-20-10-11-27(34)29(36)33-21-16-24(17-22-33)28(35)32-18-7-6-8-19-32/h12-15,24,27H,2-11,16-23H2,1H3,(H,31,37)/t27-/m0/s1. The summed E-state index contributed by atoms with van der Waals surface area (Å²) >= 11 is 0. The van der Waals surface area contributed by atoms with Gasteiger partial charge in [-0.15, -0.1) is 0 Å². The van der Waals surface area contributed by atoms with E-state index in [0.29, 0.717) is 51.2 Å². The molecule has 0 aromatic heterocycles. The van der Waals surface area contributed by atoms with Crippen LogP contribution in [0.3, 0.4) is 0 Å². The van der Waals surface area contributed by atoms with E-state index in [1.54, 1.807) is 4.90 Å². The Balaban J connectivity index is 1.22. The second kappa shape index (κ2) is 14.4. The van der Waals surface area contributed by atoms with Crippen LogP contribution >= 0.6 is 0 Å². The molecule has 0 bridgehead atoms. The fraction of sp³-hybridized carbons (Fsp3) is 0.700. The maximum atomic E-state index is 13.4. The normalized spacial score (nSPS) is 20.4. The molecule has 3 aliphatic heterocycles. The molecule has 3 aliphatic rings. The fourth-order valence-corrected chi connectivity index (χ4v) is 5.92. The Morgan fingerprint density at radius 1 is 0.789 bits per heavy atom. The van der Waals surface area contributed by atoms with Crippen LogP contribution in [0.2, 0.25) is 0 Å². The van der Waals surface area contributed by atoms with Crippen molar-refractivity contribution in [2.24, 2.45) is 5.92 Å². The molecule has 0 saturated carbocycles. The van der Waals surface area contributed by atoms with Crippen LogP contribution in [0.5, 0.6) is 5.75 Å². The third kappa shape index (κ3) is 7.64. The molecule has 1 aromatic rings. The lowest BCUT2D eigenvalue weighted by Gasteiger charge is -2.37. The van der Waals surface area contributed by atoms with Gasteiger partial charge in [0.05, 0.1) is 6.61 Å². The first kappa shape index (κ1) is 28.2. The summed E-state index contributed by atoms with van der Waals surface area (Å²) in [4.78, 5) is 44.9. The van der Waals surface area contributed by atoms with Gasteiger partial charge in [0.1, 0.15) is 11.8 Å². The Bertz CT molecular complexity index is 907. The number of piperidine rings is 2. The predicted molar refractivity (Wildman–Crippen MR) is 149 cm³/mol. The number of hydrogen-bond acceptors (Lipinski definition) is 4. The Morgan fingerprint density at radius 3 is 2.18 bits per heavy atom. The molecule has 4 amide bonds. The molecular weight excluding hydrogens is 480 g/mol. The third-order valence-electron chi connectivity index (χ3n) is 8.24. The van der Waals surface area contributed by atoms with E-state index in [2.05, 4.69) is 12.2 Å². The second-order valence-corrected chi connectivity index (χ2v) is 11.1. The van der Waals surface area contributed by atoms with Crippen molar-refractivity contribution in [1.82, 2.24) is 14.7 Å². The molecule has 38 heavy (non-hydrogen) atoms. The molecule has 3 saturated heterocycles. The van der Waals surface area contributed by atoms with Crippen LogP contribution in [0.4, 0.5) is 10.5 Å². The number of carbonyl (C=O) groups is 3. The topological polar surface area (TPSA) is 82.2 Å². The van der Waals surface area contributed by atoms with E-state index < -0.39 is 6.04 Å². The number of unbranched alkanes of at least 4 members (excludes halogenated alkanes) is 4. The SMILES string of the molecule is CCCCCCCOc1ccc(NC(=O)N2CCC[C@H]2C(=O)N2CCC(C(=O)N3CCCCC3)CC2)cc1. The van der Waals surface area contributed by atoms with Crippen molar-refractivity contribution in [2.45, 2.75) is 90.0 Å². The van der Waals surface area contributed by atoms with Crippen LogP contribution in [0, 0.1) is 5.92 Å². The highest BCUT2D eigenvalue weighted by Gasteiger charge is 2.39. The van der Waals surface area contributed by atoms with Crippen molar-refractivity contribution in [1.29, 1.82) is 0 Å². The zero-order chi connectivity index (χ0) is 26.7. The van der Waals surface area contributed by atoms with Gasteiger partial charge in [-0.2, -0.15) is 0 Å². The number of anilines is 1. The number of likely N-dealkylation sites (tertiary alicyclic amines) is 3. The van der Waals surface area contributed by atoms with E-state index in [4.69, 9.17) is 4.74 Å². The van der Waals surface area contributed by atoms with Crippen molar-refractivity contribution >= 4 is 23.5 Å². The Kier molecular flexibility index (Phi) is 10.7. The van der Waals surface area contributed by atoms with Gasteiger partial charge in [-0.1, -0.05) is 32.6 Å². The van der Waals surface area contributed by atoms with Crippen LogP contribution in [-0.4, -0.2) is 77.9 Å². The van der Waals surface area contributed by atoms with Crippen molar-refractivity contribution in [2.75, 3.05) is 44.6 Å². The smallest absolute Gasteiger partial charge is 0.322 e. The van der Waals surface area contributed by atoms with Gasteiger partial charge in [0.25, 0.3) is 0 Å². The molecule has 8 nitrogen and oxygen atoms in total. The Hall–Kier alpha value is -2.77. The highest BCUT2D eigenvalue weighted by Crippen LogP contribution is 2.26. The van der Waals surface area contributed by atoms with Gasteiger partial charge < -0.3 is 24.8 Å². The zero-order valence-corrected chi connectivity index (χ0v) is 23.2. The number of benzene rings is 1. The maximum absolute atomic E-state index is 13.4. The van der Waals surface area contributed by atoms with E-state index >= 15 is 0 Å². The number of amides is 4. The molecule has 4 rings (SSSR count). The number of ether oxygens (including phenoxy) is 1. The summed E-state index contributed by atoms with van der Waals surface area (Å²) in [5.74, 6) is 1.11. The fourth-order valence-electron chi connectivity index (χ4n) is 5.92. The van der Waals surface area contributed by atoms with Gasteiger partial charge in [0.15, 0.2) is 0 Å². The molecule has 0 radical (unpaired) electrons. The molecule has 210 valence electrons. The Labute approximate surface area is 228 Å². The molecule has 0 unspecified atom stereocenters. The number of hydrogen-bond donors (Lipinski definition) is 1. The quantitative estimate of drug-likeness (QED) is 0.421. The summed E-state index contributed by atoms with van der Waals surface area (Å²) in [5.41, 5.74) is 0.695. The van der Waals surface area contributed by atoms with Crippen LogP contribution in [-0.2, 0) is 9.59 Å². The highest BCUT2D eigenvalue weighted by molar-refractivity contribution is 5.94. The third-order valence-corrected chi connectivity index (χ3v) is 8.24. The van der Waals surface area contributed by atoms with Gasteiger partial charge >= 0.3 is 6.03 Å². The van der Waals surface area contributed by atoms with Crippen LogP contribution in [0.25, 0.3) is 0 Å². The van der Waals surface area contributed by atoms with Gasteiger partial charge in [0, 0.05) is 44.3 Å². The number of carbonyl (C=O) groups excluding carboxylic acids is 3.